The highest BCUT2D eigenvalue weighted by Crippen LogP contribution is 2.22. The van der Waals surface area contributed by atoms with Gasteiger partial charge in [0.15, 0.2) is 5.76 Å². The molecule has 0 aliphatic carbocycles. The molecule has 2 heterocycles. The molecule has 0 saturated carbocycles. The van der Waals surface area contributed by atoms with E-state index in [1.807, 2.05) is 23.9 Å². The smallest absolute Gasteiger partial charge is 0.154 e. The highest BCUT2D eigenvalue weighted by Gasteiger charge is 2.12. The Morgan fingerprint density at radius 2 is 2.29 bits per heavy atom. The van der Waals surface area contributed by atoms with Gasteiger partial charge in [-0.15, -0.1) is 0 Å². The van der Waals surface area contributed by atoms with Crippen LogP contribution < -0.4 is 5.73 Å². The molecule has 0 spiro atoms. The molecule has 0 saturated heterocycles. The number of nitrogens with two attached hydrogens (primary N) is 1. The lowest BCUT2D eigenvalue weighted by Gasteiger charge is -2.00. The van der Waals surface area contributed by atoms with Gasteiger partial charge in [-0.2, -0.15) is 5.10 Å². The molecule has 2 aromatic rings. The quantitative estimate of drug-likeness (QED) is 0.862. The predicted molar refractivity (Wildman–Crippen MR) is 65.2 cm³/mol. The van der Waals surface area contributed by atoms with Crippen LogP contribution in [-0.2, 0) is 6.54 Å². The van der Waals surface area contributed by atoms with Crippen molar-refractivity contribution in [2.75, 3.05) is 0 Å². The second-order valence-corrected chi connectivity index (χ2v) is 4.12. The zero-order chi connectivity index (χ0) is 12.3. The average molecular weight is 234 g/mol. The average Bonchev–Trinajstić information content (AvgIpc) is 2.96. The summed E-state index contributed by atoms with van der Waals surface area (Å²) in [5.74, 6) is 0.728. The van der Waals surface area contributed by atoms with E-state index in [1.54, 1.807) is 6.20 Å². The van der Waals surface area contributed by atoms with Gasteiger partial charge in [0.2, 0.25) is 0 Å². The van der Waals surface area contributed by atoms with Gasteiger partial charge in [-0.25, -0.2) is 0 Å². The van der Waals surface area contributed by atoms with Crippen LogP contribution in [0.4, 0.5) is 0 Å². The Labute approximate surface area is 101 Å². The molecule has 1 unspecified atom stereocenters. The molecule has 0 aliphatic rings. The summed E-state index contributed by atoms with van der Waals surface area (Å²) in [6, 6.07) is 1.81. The molecule has 2 aromatic heterocycles. The SMILES string of the molecule is CCCn1cc(-c2cc(C(N)CC)on2)cn1. The Kier molecular flexibility index (Phi) is 3.58. The van der Waals surface area contributed by atoms with Crippen molar-refractivity contribution in [3.8, 4) is 11.3 Å². The number of hydrogen-bond donors (Lipinski definition) is 1. The minimum Gasteiger partial charge on any atom is -0.359 e. The monoisotopic (exact) mass is 234 g/mol. The van der Waals surface area contributed by atoms with E-state index in [4.69, 9.17) is 10.3 Å². The molecular weight excluding hydrogens is 216 g/mol. The van der Waals surface area contributed by atoms with Crippen LogP contribution in [0.2, 0.25) is 0 Å². The molecule has 5 nitrogen and oxygen atoms in total. The Hall–Kier alpha value is -1.62. The normalized spacial score (nSPS) is 12.9. The van der Waals surface area contributed by atoms with Crippen LogP contribution in [0.3, 0.4) is 0 Å². The number of aromatic nitrogens is 3. The zero-order valence-corrected chi connectivity index (χ0v) is 10.3. The highest BCUT2D eigenvalue weighted by molar-refractivity contribution is 5.56. The Morgan fingerprint density at radius 3 is 3.00 bits per heavy atom. The van der Waals surface area contributed by atoms with E-state index < -0.39 is 0 Å². The second-order valence-electron chi connectivity index (χ2n) is 4.12. The van der Waals surface area contributed by atoms with Crippen LogP contribution in [0, 0.1) is 0 Å². The molecular formula is C12H18N4O. The number of rotatable bonds is 5. The summed E-state index contributed by atoms with van der Waals surface area (Å²) in [5.41, 5.74) is 7.65. The molecule has 0 amide bonds. The van der Waals surface area contributed by atoms with E-state index in [-0.39, 0.29) is 6.04 Å². The lowest BCUT2D eigenvalue weighted by atomic mass is 10.1. The van der Waals surface area contributed by atoms with Gasteiger partial charge in [0.05, 0.1) is 12.2 Å². The van der Waals surface area contributed by atoms with Gasteiger partial charge in [0.1, 0.15) is 5.69 Å². The van der Waals surface area contributed by atoms with Gasteiger partial charge in [0, 0.05) is 24.4 Å². The van der Waals surface area contributed by atoms with Crippen molar-refractivity contribution in [3.05, 3.63) is 24.2 Å². The lowest BCUT2D eigenvalue weighted by molar-refractivity contribution is 0.360. The molecule has 17 heavy (non-hydrogen) atoms. The minimum absolute atomic E-state index is 0.0815. The topological polar surface area (TPSA) is 69.9 Å². The van der Waals surface area contributed by atoms with Crippen molar-refractivity contribution in [1.29, 1.82) is 0 Å². The first kappa shape index (κ1) is 11.9. The van der Waals surface area contributed by atoms with Gasteiger partial charge in [0.25, 0.3) is 0 Å². The molecule has 0 bridgehead atoms. The van der Waals surface area contributed by atoms with Crippen molar-refractivity contribution >= 4 is 0 Å². The van der Waals surface area contributed by atoms with Crippen LogP contribution in [0.25, 0.3) is 11.3 Å². The third-order valence-electron chi connectivity index (χ3n) is 2.72. The summed E-state index contributed by atoms with van der Waals surface area (Å²) in [6.45, 7) is 5.06. The third-order valence-corrected chi connectivity index (χ3v) is 2.72. The van der Waals surface area contributed by atoms with Crippen LogP contribution in [0.15, 0.2) is 23.0 Å². The van der Waals surface area contributed by atoms with Crippen molar-refractivity contribution in [1.82, 2.24) is 14.9 Å². The molecule has 2 rings (SSSR count). The summed E-state index contributed by atoms with van der Waals surface area (Å²) >= 11 is 0. The Bertz CT molecular complexity index is 474. The summed E-state index contributed by atoms with van der Waals surface area (Å²) in [5, 5.41) is 8.28. The lowest BCUT2D eigenvalue weighted by Crippen LogP contribution is -2.06. The summed E-state index contributed by atoms with van der Waals surface area (Å²) in [7, 11) is 0. The molecule has 2 N–H and O–H groups in total. The molecule has 0 fully saturated rings. The van der Waals surface area contributed by atoms with Crippen LogP contribution in [-0.4, -0.2) is 14.9 Å². The van der Waals surface area contributed by atoms with E-state index in [1.165, 1.54) is 0 Å². The summed E-state index contributed by atoms with van der Waals surface area (Å²) < 4.78 is 7.14. The fourth-order valence-corrected chi connectivity index (χ4v) is 1.65. The fourth-order valence-electron chi connectivity index (χ4n) is 1.65. The molecule has 92 valence electrons. The third kappa shape index (κ3) is 2.55. The zero-order valence-electron chi connectivity index (χ0n) is 10.3. The largest absolute Gasteiger partial charge is 0.359 e. The number of hydrogen-bond acceptors (Lipinski definition) is 4. The molecule has 1 atom stereocenters. The Balaban J connectivity index is 2.18. The Morgan fingerprint density at radius 1 is 1.47 bits per heavy atom. The van der Waals surface area contributed by atoms with Crippen molar-refractivity contribution in [2.45, 2.75) is 39.3 Å². The second kappa shape index (κ2) is 5.14. The maximum Gasteiger partial charge on any atom is 0.154 e. The van der Waals surface area contributed by atoms with E-state index in [0.717, 1.165) is 36.4 Å². The maximum atomic E-state index is 5.88. The fraction of sp³-hybridized carbons (Fsp3) is 0.500. The van der Waals surface area contributed by atoms with Crippen molar-refractivity contribution in [3.63, 3.8) is 0 Å². The molecule has 0 aromatic carbocycles. The van der Waals surface area contributed by atoms with Gasteiger partial charge < -0.3 is 10.3 Å². The molecule has 0 aliphatic heterocycles. The molecule has 0 radical (unpaired) electrons. The minimum atomic E-state index is -0.0815. The summed E-state index contributed by atoms with van der Waals surface area (Å²) in [4.78, 5) is 0. The van der Waals surface area contributed by atoms with E-state index in [9.17, 15) is 0 Å². The maximum absolute atomic E-state index is 5.88. The van der Waals surface area contributed by atoms with Gasteiger partial charge in [-0.05, 0) is 12.8 Å². The predicted octanol–water partition coefficient (Wildman–Crippen LogP) is 2.36. The number of aryl methyl sites for hydroxylation is 1. The van der Waals surface area contributed by atoms with E-state index >= 15 is 0 Å². The standard InChI is InChI=1S/C12H18N4O/c1-3-5-16-8-9(7-14-16)11-6-12(17-15-11)10(13)4-2/h6-8,10H,3-5,13H2,1-2H3. The highest BCUT2D eigenvalue weighted by atomic mass is 16.5. The molecule has 5 heteroatoms. The van der Waals surface area contributed by atoms with Crippen LogP contribution in [0.1, 0.15) is 38.5 Å². The van der Waals surface area contributed by atoms with Crippen molar-refractivity contribution in [2.24, 2.45) is 5.73 Å². The number of nitrogens with zero attached hydrogens (tertiary/aromatic N) is 3. The van der Waals surface area contributed by atoms with Gasteiger partial charge >= 0.3 is 0 Å². The first-order valence-corrected chi connectivity index (χ1v) is 5.99. The van der Waals surface area contributed by atoms with Crippen LogP contribution >= 0.6 is 0 Å². The first-order chi connectivity index (χ1) is 8.24. The van der Waals surface area contributed by atoms with Gasteiger partial charge in [-0.1, -0.05) is 19.0 Å². The van der Waals surface area contributed by atoms with Crippen molar-refractivity contribution < 1.29 is 4.52 Å². The summed E-state index contributed by atoms with van der Waals surface area (Å²) in [6.07, 6.45) is 5.67. The van der Waals surface area contributed by atoms with Gasteiger partial charge in [-0.3, -0.25) is 4.68 Å². The van der Waals surface area contributed by atoms with Crippen LogP contribution in [0.5, 0.6) is 0 Å². The van der Waals surface area contributed by atoms with E-state index in [0.29, 0.717) is 0 Å². The first-order valence-electron chi connectivity index (χ1n) is 5.99. The van der Waals surface area contributed by atoms with E-state index in [2.05, 4.69) is 17.2 Å².